The molecular formula is C12H24N2O2. The van der Waals surface area contributed by atoms with Crippen molar-refractivity contribution >= 4 is 5.91 Å². The number of nitrogens with two attached hydrogens (primary N) is 1. The van der Waals surface area contributed by atoms with E-state index in [2.05, 4.69) is 0 Å². The monoisotopic (exact) mass is 228 g/mol. The zero-order valence-corrected chi connectivity index (χ0v) is 10.5. The maximum atomic E-state index is 12.0. The summed E-state index contributed by atoms with van der Waals surface area (Å²) in [5.41, 5.74) is 5.91. The van der Waals surface area contributed by atoms with Crippen molar-refractivity contribution in [2.24, 2.45) is 17.6 Å². The second-order valence-electron chi connectivity index (χ2n) is 4.89. The van der Waals surface area contributed by atoms with Gasteiger partial charge in [-0.3, -0.25) is 4.79 Å². The van der Waals surface area contributed by atoms with E-state index in [-0.39, 0.29) is 23.8 Å². The molecule has 1 aliphatic heterocycles. The van der Waals surface area contributed by atoms with Crippen LogP contribution in [-0.2, 0) is 4.79 Å². The molecule has 3 N–H and O–H groups in total. The lowest BCUT2D eigenvalue weighted by atomic mass is 9.99. The zero-order valence-electron chi connectivity index (χ0n) is 10.5. The van der Waals surface area contributed by atoms with Gasteiger partial charge in [-0.25, -0.2) is 0 Å². The molecule has 0 aromatic rings. The molecule has 4 nitrogen and oxygen atoms in total. The summed E-state index contributed by atoms with van der Waals surface area (Å²) in [6.07, 6.45) is 1.43. The van der Waals surface area contributed by atoms with E-state index in [1.165, 1.54) is 0 Å². The highest BCUT2D eigenvalue weighted by Gasteiger charge is 2.35. The van der Waals surface area contributed by atoms with Gasteiger partial charge in [-0.1, -0.05) is 27.2 Å². The first-order valence-electron chi connectivity index (χ1n) is 6.23. The number of hydrogen-bond donors (Lipinski definition) is 2. The molecule has 1 amide bonds. The van der Waals surface area contributed by atoms with Crippen LogP contribution in [0.2, 0.25) is 0 Å². The molecule has 0 aliphatic carbocycles. The maximum Gasteiger partial charge on any atom is 0.239 e. The summed E-state index contributed by atoms with van der Waals surface area (Å²) >= 11 is 0. The van der Waals surface area contributed by atoms with Gasteiger partial charge in [-0.05, 0) is 12.3 Å². The first kappa shape index (κ1) is 13.5. The van der Waals surface area contributed by atoms with Crippen molar-refractivity contribution in [3.05, 3.63) is 0 Å². The van der Waals surface area contributed by atoms with Crippen molar-refractivity contribution in [3.8, 4) is 0 Å². The van der Waals surface area contributed by atoms with Crippen molar-refractivity contribution in [1.82, 2.24) is 4.90 Å². The molecule has 1 heterocycles. The van der Waals surface area contributed by atoms with Gasteiger partial charge in [-0.2, -0.15) is 0 Å². The normalized spacial score (nSPS) is 29.2. The molecule has 16 heavy (non-hydrogen) atoms. The van der Waals surface area contributed by atoms with Crippen LogP contribution in [0.5, 0.6) is 0 Å². The van der Waals surface area contributed by atoms with Gasteiger partial charge >= 0.3 is 0 Å². The highest BCUT2D eigenvalue weighted by Crippen LogP contribution is 2.21. The Bertz CT molecular complexity index is 245. The minimum Gasteiger partial charge on any atom is -0.391 e. The summed E-state index contributed by atoms with van der Waals surface area (Å²) in [6.45, 7) is 7.16. The molecule has 0 bridgehead atoms. The summed E-state index contributed by atoms with van der Waals surface area (Å²) in [4.78, 5) is 13.8. The van der Waals surface area contributed by atoms with Crippen LogP contribution in [0.15, 0.2) is 0 Å². The van der Waals surface area contributed by atoms with Crippen LogP contribution >= 0.6 is 0 Å². The number of amides is 1. The first-order valence-corrected chi connectivity index (χ1v) is 6.23. The number of aliphatic hydroxyl groups is 1. The highest BCUT2D eigenvalue weighted by molar-refractivity contribution is 5.82. The number of nitrogens with zero attached hydrogens (tertiary/aromatic N) is 1. The van der Waals surface area contributed by atoms with Crippen LogP contribution < -0.4 is 5.73 Å². The summed E-state index contributed by atoms with van der Waals surface area (Å²) in [6, 6.07) is -0.423. The Morgan fingerprint density at radius 1 is 1.50 bits per heavy atom. The predicted molar refractivity (Wildman–Crippen MR) is 63.8 cm³/mol. The maximum absolute atomic E-state index is 12.0. The summed E-state index contributed by atoms with van der Waals surface area (Å²) < 4.78 is 0. The first-order chi connectivity index (χ1) is 7.51. The molecule has 0 saturated carbocycles. The van der Waals surface area contributed by atoms with Crippen LogP contribution in [0.3, 0.4) is 0 Å². The smallest absolute Gasteiger partial charge is 0.239 e. The van der Waals surface area contributed by atoms with Crippen molar-refractivity contribution in [2.45, 2.75) is 45.8 Å². The summed E-state index contributed by atoms with van der Waals surface area (Å²) in [5.74, 6) is 0.405. The lowest BCUT2D eigenvalue weighted by molar-refractivity contribution is -0.133. The van der Waals surface area contributed by atoms with E-state index in [1.54, 1.807) is 4.90 Å². The minimum atomic E-state index is -0.423. The van der Waals surface area contributed by atoms with Gasteiger partial charge in [0.2, 0.25) is 5.91 Å². The molecule has 0 aromatic carbocycles. The molecule has 4 atom stereocenters. The summed E-state index contributed by atoms with van der Waals surface area (Å²) in [5, 5.41) is 9.75. The Kier molecular flexibility index (Phi) is 4.74. The third-order valence-corrected chi connectivity index (χ3v) is 3.78. The van der Waals surface area contributed by atoms with Gasteiger partial charge < -0.3 is 15.7 Å². The van der Waals surface area contributed by atoms with E-state index in [0.29, 0.717) is 13.1 Å². The van der Waals surface area contributed by atoms with Gasteiger partial charge in [-0.15, -0.1) is 0 Å². The van der Waals surface area contributed by atoms with E-state index in [9.17, 15) is 9.90 Å². The van der Waals surface area contributed by atoms with Crippen molar-refractivity contribution in [2.75, 3.05) is 13.1 Å². The number of carbonyl (C=O) groups is 1. The molecule has 1 aliphatic rings. The number of carbonyl (C=O) groups excluding carboxylic acids is 1. The van der Waals surface area contributed by atoms with Gasteiger partial charge in [0.05, 0.1) is 12.1 Å². The molecule has 0 aromatic heterocycles. The molecule has 0 radical (unpaired) electrons. The van der Waals surface area contributed by atoms with Crippen LogP contribution in [-0.4, -0.2) is 41.1 Å². The standard InChI is InChI=1S/C12H24N2O2/c1-4-8(3)11(13)12(16)14-6-9(5-2)10(15)7-14/h8-11,15H,4-7,13H2,1-3H3. The third-order valence-electron chi connectivity index (χ3n) is 3.78. The van der Waals surface area contributed by atoms with E-state index in [4.69, 9.17) is 5.73 Å². The SMILES string of the molecule is CCC(C)C(N)C(=O)N1CC(O)C(CC)C1. The Balaban J connectivity index is 2.56. The molecule has 1 fully saturated rings. The number of β-amino-alcohol motifs (C(OH)–C–C–N with tert-alkyl or cyclic N) is 1. The van der Waals surface area contributed by atoms with Gasteiger partial charge in [0, 0.05) is 19.0 Å². The average Bonchev–Trinajstić information content (AvgIpc) is 2.67. The van der Waals surface area contributed by atoms with E-state index in [1.807, 2.05) is 20.8 Å². The number of likely N-dealkylation sites (tertiary alicyclic amines) is 1. The quantitative estimate of drug-likeness (QED) is 0.740. The van der Waals surface area contributed by atoms with Crippen LogP contribution in [0.1, 0.15) is 33.6 Å². The van der Waals surface area contributed by atoms with Gasteiger partial charge in [0.25, 0.3) is 0 Å². The Morgan fingerprint density at radius 2 is 2.12 bits per heavy atom. The van der Waals surface area contributed by atoms with E-state index in [0.717, 1.165) is 12.8 Å². The largest absolute Gasteiger partial charge is 0.391 e. The summed E-state index contributed by atoms with van der Waals surface area (Å²) in [7, 11) is 0. The molecule has 4 heteroatoms. The van der Waals surface area contributed by atoms with Gasteiger partial charge in [0.1, 0.15) is 0 Å². The van der Waals surface area contributed by atoms with Crippen molar-refractivity contribution in [3.63, 3.8) is 0 Å². The fourth-order valence-electron chi connectivity index (χ4n) is 2.14. The van der Waals surface area contributed by atoms with Crippen molar-refractivity contribution in [1.29, 1.82) is 0 Å². The molecule has 1 saturated heterocycles. The Labute approximate surface area is 97.8 Å². The molecular weight excluding hydrogens is 204 g/mol. The lowest BCUT2D eigenvalue weighted by Crippen LogP contribution is -2.46. The second-order valence-corrected chi connectivity index (χ2v) is 4.89. The van der Waals surface area contributed by atoms with E-state index >= 15 is 0 Å². The third kappa shape index (κ3) is 2.74. The minimum absolute atomic E-state index is 0.00986. The molecule has 0 spiro atoms. The Morgan fingerprint density at radius 3 is 2.56 bits per heavy atom. The predicted octanol–water partition coefficient (Wildman–Crippen LogP) is 0.589. The molecule has 94 valence electrons. The fraction of sp³-hybridized carbons (Fsp3) is 0.917. The lowest BCUT2D eigenvalue weighted by Gasteiger charge is -2.24. The number of hydrogen-bond acceptors (Lipinski definition) is 3. The average molecular weight is 228 g/mol. The fourth-order valence-corrected chi connectivity index (χ4v) is 2.14. The topological polar surface area (TPSA) is 66.6 Å². The zero-order chi connectivity index (χ0) is 12.3. The van der Waals surface area contributed by atoms with Gasteiger partial charge in [0.15, 0.2) is 0 Å². The molecule has 4 unspecified atom stereocenters. The second kappa shape index (κ2) is 5.64. The highest BCUT2D eigenvalue weighted by atomic mass is 16.3. The van der Waals surface area contributed by atoms with E-state index < -0.39 is 6.04 Å². The number of rotatable bonds is 4. The number of aliphatic hydroxyl groups excluding tert-OH is 1. The molecule has 1 rings (SSSR count). The Hall–Kier alpha value is -0.610. The van der Waals surface area contributed by atoms with Crippen LogP contribution in [0, 0.1) is 11.8 Å². The van der Waals surface area contributed by atoms with Crippen molar-refractivity contribution < 1.29 is 9.90 Å². The van der Waals surface area contributed by atoms with Crippen LogP contribution in [0.4, 0.5) is 0 Å². The van der Waals surface area contributed by atoms with Crippen LogP contribution in [0.25, 0.3) is 0 Å².